The van der Waals surface area contributed by atoms with Crippen LogP contribution in [0.25, 0.3) is 16.7 Å². The minimum atomic E-state index is -0.372. The lowest BCUT2D eigenvalue weighted by atomic mass is 10.2. The number of rotatable bonds is 4. The second-order valence-corrected chi connectivity index (χ2v) is 9.27. The van der Waals surface area contributed by atoms with Crippen molar-refractivity contribution in [2.75, 3.05) is 34.8 Å². The molecule has 1 amide bonds. The molecule has 1 N–H and O–H groups in total. The molecule has 1 saturated heterocycles. The quantitative estimate of drug-likeness (QED) is 0.495. The van der Waals surface area contributed by atoms with Crippen molar-refractivity contribution < 1.29 is 4.79 Å². The molecule has 1 aliphatic heterocycles. The third kappa shape index (κ3) is 3.82. The van der Waals surface area contributed by atoms with Crippen molar-refractivity contribution in [3.8, 4) is 0 Å². The Morgan fingerprint density at radius 1 is 1.19 bits per heavy atom. The number of aryl methyl sites for hydroxylation is 1. The number of aromatic nitrogens is 4. The Kier molecular flexibility index (Phi) is 5.52. The maximum absolute atomic E-state index is 13.3. The van der Waals surface area contributed by atoms with Gasteiger partial charge in [-0.15, -0.1) is 5.10 Å². The number of carbonyl (C=O) groups excluding carboxylic acids is 1. The number of benzene rings is 2. The van der Waals surface area contributed by atoms with E-state index in [0.29, 0.717) is 33.2 Å². The minimum Gasteiger partial charge on any atom is -0.352 e. The molecule has 5 rings (SSSR count). The Morgan fingerprint density at radius 2 is 1.97 bits per heavy atom. The largest absolute Gasteiger partial charge is 0.352 e. The van der Waals surface area contributed by atoms with Crippen molar-refractivity contribution >= 4 is 57.5 Å². The number of nitrogens with one attached hydrogen (secondary N) is 1. The summed E-state index contributed by atoms with van der Waals surface area (Å²) in [5.41, 5.74) is 2.97. The van der Waals surface area contributed by atoms with Crippen molar-refractivity contribution in [3.63, 3.8) is 0 Å². The van der Waals surface area contributed by atoms with Gasteiger partial charge in [0.1, 0.15) is 6.54 Å². The zero-order chi connectivity index (χ0) is 22.2. The Morgan fingerprint density at radius 3 is 2.75 bits per heavy atom. The molecule has 8 nitrogen and oxygen atoms in total. The summed E-state index contributed by atoms with van der Waals surface area (Å²) < 4.78 is 2.74. The first kappa shape index (κ1) is 20.8. The fourth-order valence-electron chi connectivity index (χ4n) is 3.78. The van der Waals surface area contributed by atoms with Crippen molar-refractivity contribution in [1.29, 1.82) is 0 Å². The molecule has 0 radical (unpaired) electrons. The number of hydrogen-bond donors (Lipinski definition) is 1. The van der Waals surface area contributed by atoms with Gasteiger partial charge in [0.25, 0.3) is 0 Å². The molecule has 2 aromatic heterocycles. The van der Waals surface area contributed by atoms with E-state index in [9.17, 15) is 9.59 Å². The van der Waals surface area contributed by atoms with Crippen LogP contribution in [0.5, 0.6) is 0 Å². The molecule has 0 unspecified atom stereocenters. The van der Waals surface area contributed by atoms with E-state index < -0.39 is 0 Å². The topological polar surface area (TPSA) is 84.5 Å². The Balaban J connectivity index is 1.54. The smallest absolute Gasteiger partial charge is 0.351 e. The summed E-state index contributed by atoms with van der Waals surface area (Å²) in [6.45, 7) is 3.35. The van der Waals surface area contributed by atoms with Gasteiger partial charge in [0.05, 0.1) is 11.0 Å². The van der Waals surface area contributed by atoms with E-state index in [1.165, 1.54) is 4.68 Å². The van der Waals surface area contributed by atoms with E-state index in [1.54, 1.807) is 16.5 Å². The Hall–Kier alpha value is -3.04. The van der Waals surface area contributed by atoms with Gasteiger partial charge in [-0.3, -0.25) is 4.79 Å². The number of anilines is 2. The summed E-state index contributed by atoms with van der Waals surface area (Å²) in [4.78, 5) is 32.9. The van der Waals surface area contributed by atoms with Crippen molar-refractivity contribution in [2.45, 2.75) is 13.5 Å². The standard InChI is InChI=1S/C22H21ClN6O2S/c1-14-6-7-15(12-16(14)23)24-19(30)13-28-22(31)29-18-5-3-2-4-17(18)25-20(21(29)26-28)27-8-10-32-11-9-27/h2-7,12H,8-11,13H2,1H3,(H,24,30). The average molecular weight is 469 g/mol. The molecule has 0 saturated carbocycles. The van der Waals surface area contributed by atoms with Crippen LogP contribution in [0.4, 0.5) is 11.5 Å². The number of thioether (sulfide) groups is 1. The molecule has 1 fully saturated rings. The van der Waals surface area contributed by atoms with Crippen LogP contribution in [0.3, 0.4) is 0 Å². The Bertz CT molecular complexity index is 1390. The van der Waals surface area contributed by atoms with Crippen LogP contribution in [0.15, 0.2) is 47.3 Å². The number of carbonyl (C=O) groups is 1. The number of amides is 1. The fraction of sp³-hybridized carbons (Fsp3) is 0.273. The molecular formula is C22H21ClN6O2S. The fourth-order valence-corrected chi connectivity index (χ4v) is 4.86. The molecule has 0 atom stereocenters. The summed E-state index contributed by atoms with van der Waals surface area (Å²) in [5.74, 6) is 2.30. The zero-order valence-electron chi connectivity index (χ0n) is 17.4. The lowest BCUT2D eigenvalue weighted by Gasteiger charge is -2.27. The maximum atomic E-state index is 13.3. The zero-order valence-corrected chi connectivity index (χ0v) is 19.0. The van der Waals surface area contributed by atoms with Crippen LogP contribution in [0.1, 0.15) is 5.56 Å². The van der Waals surface area contributed by atoms with Crippen LogP contribution in [-0.4, -0.2) is 49.7 Å². The Labute approximate surface area is 193 Å². The third-order valence-electron chi connectivity index (χ3n) is 5.45. The molecular weight excluding hydrogens is 448 g/mol. The first-order valence-electron chi connectivity index (χ1n) is 10.3. The van der Waals surface area contributed by atoms with Gasteiger partial charge in [0.2, 0.25) is 11.6 Å². The van der Waals surface area contributed by atoms with Gasteiger partial charge >= 0.3 is 5.69 Å². The van der Waals surface area contributed by atoms with Gasteiger partial charge in [-0.25, -0.2) is 18.9 Å². The van der Waals surface area contributed by atoms with E-state index in [2.05, 4.69) is 15.3 Å². The van der Waals surface area contributed by atoms with Crippen molar-refractivity contribution in [2.24, 2.45) is 0 Å². The second kappa shape index (κ2) is 8.48. The van der Waals surface area contributed by atoms with E-state index >= 15 is 0 Å². The normalized spacial score (nSPS) is 14.2. The summed E-state index contributed by atoms with van der Waals surface area (Å²) in [7, 11) is 0. The highest BCUT2D eigenvalue weighted by Gasteiger charge is 2.22. The van der Waals surface area contributed by atoms with Gasteiger partial charge in [-0.2, -0.15) is 11.8 Å². The molecule has 0 aliphatic carbocycles. The highest BCUT2D eigenvalue weighted by molar-refractivity contribution is 7.99. The predicted molar refractivity (Wildman–Crippen MR) is 129 cm³/mol. The van der Waals surface area contributed by atoms with Crippen LogP contribution in [-0.2, 0) is 11.3 Å². The van der Waals surface area contributed by atoms with Crippen molar-refractivity contribution in [3.05, 3.63) is 63.5 Å². The first-order valence-corrected chi connectivity index (χ1v) is 11.8. The molecule has 164 valence electrons. The molecule has 0 spiro atoms. The van der Waals surface area contributed by atoms with Gasteiger partial charge in [-0.1, -0.05) is 29.8 Å². The molecule has 2 aromatic carbocycles. The van der Waals surface area contributed by atoms with E-state index in [-0.39, 0.29) is 18.1 Å². The molecule has 32 heavy (non-hydrogen) atoms. The van der Waals surface area contributed by atoms with Crippen LogP contribution in [0, 0.1) is 6.92 Å². The highest BCUT2D eigenvalue weighted by Crippen LogP contribution is 2.25. The first-order chi connectivity index (χ1) is 15.5. The summed E-state index contributed by atoms with van der Waals surface area (Å²) in [6, 6.07) is 12.8. The number of halogens is 1. The molecule has 1 aliphatic rings. The second-order valence-electron chi connectivity index (χ2n) is 7.63. The van der Waals surface area contributed by atoms with E-state index in [4.69, 9.17) is 16.6 Å². The SMILES string of the molecule is Cc1ccc(NC(=O)Cn2nc3c(N4CCSCC4)nc4ccccc4n3c2=O)cc1Cl. The summed E-state index contributed by atoms with van der Waals surface area (Å²) in [6.07, 6.45) is 0. The lowest BCUT2D eigenvalue weighted by molar-refractivity contribution is -0.117. The van der Waals surface area contributed by atoms with Gasteiger partial charge in [-0.05, 0) is 36.8 Å². The van der Waals surface area contributed by atoms with Gasteiger partial charge in [0.15, 0.2) is 5.82 Å². The van der Waals surface area contributed by atoms with Gasteiger partial charge < -0.3 is 10.2 Å². The predicted octanol–water partition coefficient (Wildman–Crippen LogP) is 3.20. The monoisotopic (exact) mass is 468 g/mol. The molecule has 0 bridgehead atoms. The summed E-state index contributed by atoms with van der Waals surface area (Å²) in [5, 5.41) is 7.87. The minimum absolute atomic E-state index is 0.213. The molecule has 10 heteroatoms. The maximum Gasteiger partial charge on any atom is 0.351 e. The average Bonchev–Trinajstić information content (AvgIpc) is 3.12. The van der Waals surface area contributed by atoms with Crippen LogP contribution < -0.4 is 15.9 Å². The highest BCUT2D eigenvalue weighted by atomic mass is 35.5. The molecule has 4 aromatic rings. The number of para-hydroxylation sites is 2. The van der Waals surface area contributed by atoms with Crippen molar-refractivity contribution in [1.82, 2.24) is 19.2 Å². The number of hydrogen-bond acceptors (Lipinski definition) is 6. The number of nitrogens with zero attached hydrogens (tertiary/aromatic N) is 5. The van der Waals surface area contributed by atoms with Crippen LogP contribution >= 0.6 is 23.4 Å². The van der Waals surface area contributed by atoms with Crippen LogP contribution in [0.2, 0.25) is 5.02 Å². The van der Waals surface area contributed by atoms with E-state index in [0.717, 1.165) is 30.2 Å². The number of fused-ring (bicyclic) bond motifs is 3. The van der Waals surface area contributed by atoms with Gasteiger partial charge in [0, 0.05) is 35.3 Å². The molecule has 3 heterocycles. The summed E-state index contributed by atoms with van der Waals surface area (Å²) >= 11 is 8.04. The van der Waals surface area contributed by atoms with E-state index in [1.807, 2.05) is 49.0 Å². The third-order valence-corrected chi connectivity index (χ3v) is 6.80. The lowest BCUT2D eigenvalue weighted by Crippen LogP contribution is -2.33.